The van der Waals surface area contributed by atoms with Crippen molar-refractivity contribution < 1.29 is 10.2 Å². The summed E-state index contributed by atoms with van der Waals surface area (Å²) in [6.07, 6.45) is 0. The average Bonchev–Trinajstić information content (AvgIpc) is 2.95. The Bertz CT molecular complexity index is 1140. The van der Waals surface area contributed by atoms with Gasteiger partial charge in [0.05, 0.1) is 11.3 Å². The summed E-state index contributed by atoms with van der Waals surface area (Å²) in [7, 11) is 1.87. The zero-order chi connectivity index (χ0) is 20.5. The zero-order valence-corrected chi connectivity index (χ0v) is 16.3. The molecule has 146 valence electrons. The SMILES string of the molecule is Cc1c(C(c2ccc(O)cc2)c2ccc(O)cc2)c(=O)n(-c2ccccc2)n1C. The maximum atomic E-state index is 13.6. The molecule has 1 heterocycles. The fraction of sp³-hybridized carbons (Fsp3) is 0.125. The third-order valence-corrected chi connectivity index (χ3v) is 5.34. The lowest BCUT2D eigenvalue weighted by molar-refractivity contribution is 0.475. The highest BCUT2D eigenvalue weighted by Crippen LogP contribution is 2.34. The highest BCUT2D eigenvalue weighted by atomic mass is 16.3. The van der Waals surface area contributed by atoms with Gasteiger partial charge in [0.2, 0.25) is 0 Å². The van der Waals surface area contributed by atoms with Crippen LogP contribution in [0.5, 0.6) is 11.5 Å². The Labute approximate surface area is 168 Å². The molecule has 0 saturated heterocycles. The molecule has 4 rings (SSSR count). The van der Waals surface area contributed by atoms with E-state index < -0.39 is 0 Å². The van der Waals surface area contributed by atoms with Crippen LogP contribution in [-0.2, 0) is 7.05 Å². The normalized spacial score (nSPS) is 11.1. The molecule has 0 saturated carbocycles. The van der Waals surface area contributed by atoms with Crippen LogP contribution in [0.15, 0.2) is 83.7 Å². The molecular formula is C24H22N2O3. The van der Waals surface area contributed by atoms with Gasteiger partial charge in [0, 0.05) is 18.7 Å². The van der Waals surface area contributed by atoms with Crippen molar-refractivity contribution in [1.82, 2.24) is 9.36 Å². The Morgan fingerprint density at radius 3 is 1.72 bits per heavy atom. The fourth-order valence-corrected chi connectivity index (χ4v) is 3.78. The first-order valence-corrected chi connectivity index (χ1v) is 9.39. The van der Waals surface area contributed by atoms with Crippen LogP contribution < -0.4 is 5.56 Å². The largest absolute Gasteiger partial charge is 0.508 e. The van der Waals surface area contributed by atoms with Crippen molar-refractivity contribution in [3.05, 3.63) is 112 Å². The Hall–Kier alpha value is -3.73. The van der Waals surface area contributed by atoms with Gasteiger partial charge in [-0.2, -0.15) is 0 Å². The highest BCUT2D eigenvalue weighted by molar-refractivity contribution is 5.47. The number of para-hydroxylation sites is 1. The number of rotatable bonds is 4. The average molecular weight is 386 g/mol. The van der Waals surface area contributed by atoms with Gasteiger partial charge in [0.15, 0.2) is 0 Å². The van der Waals surface area contributed by atoms with Gasteiger partial charge in [-0.3, -0.25) is 9.48 Å². The number of nitrogens with zero attached hydrogens (tertiary/aromatic N) is 2. The molecular weight excluding hydrogens is 364 g/mol. The predicted molar refractivity (Wildman–Crippen MR) is 113 cm³/mol. The molecule has 0 aliphatic rings. The van der Waals surface area contributed by atoms with Gasteiger partial charge in [-0.1, -0.05) is 42.5 Å². The van der Waals surface area contributed by atoms with E-state index in [4.69, 9.17) is 0 Å². The maximum Gasteiger partial charge on any atom is 0.275 e. The monoisotopic (exact) mass is 386 g/mol. The second kappa shape index (κ2) is 7.36. The Morgan fingerprint density at radius 1 is 0.759 bits per heavy atom. The fourth-order valence-electron chi connectivity index (χ4n) is 3.78. The quantitative estimate of drug-likeness (QED) is 0.555. The molecule has 0 spiro atoms. The summed E-state index contributed by atoms with van der Waals surface area (Å²) in [4.78, 5) is 13.6. The van der Waals surface area contributed by atoms with E-state index >= 15 is 0 Å². The minimum absolute atomic E-state index is 0.0950. The molecule has 5 heteroatoms. The van der Waals surface area contributed by atoms with E-state index in [1.165, 1.54) is 0 Å². The number of aromatic nitrogens is 2. The van der Waals surface area contributed by atoms with Crippen LogP contribution in [0.2, 0.25) is 0 Å². The summed E-state index contributed by atoms with van der Waals surface area (Å²) >= 11 is 0. The first-order valence-electron chi connectivity index (χ1n) is 9.39. The van der Waals surface area contributed by atoms with Crippen LogP contribution in [0.1, 0.15) is 28.3 Å². The van der Waals surface area contributed by atoms with Crippen molar-refractivity contribution in [3.63, 3.8) is 0 Å². The lowest BCUT2D eigenvalue weighted by atomic mass is 9.85. The first-order chi connectivity index (χ1) is 14.0. The zero-order valence-electron chi connectivity index (χ0n) is 16.3. The van der Waals surface area contributed by atoms with Gasteiger partial charge in [0.25, 0.3) is 5.56 Å². The second-order valence-electron chi connectivity index (χ2n) is 7.09. The lowest BCUT2D eigenvalue weighted by Crippen LogP contribution is -2.22. The molecule has 5 nitrogen and oxygen atoms in total. The minimum atomic E-state index is -0.333. The molecule has 0 unspecified atom stereocenters. The van der Waals surface area contributed by atoms with Crippen molar-refractivity contribution >= 4 is 0 Å². The van der Waals surface area contributed by atoms with Gasteiger partial charge >= 0.3 is 0 Å². The smallest absolute Gasteiger partial charge is 0.275 e. The second-order valence-corrected chi connectivity index (χ2v) is 7.09. The van der Waals surface area contributed by atoms with Crippen molar-refractivity contribution in [2.24, 2.45) is 7.05 Å². The van der Waals surface area contributed by atoms with E-state index in [0.29, 0.717) is 5.56 Å². The molecule has 0 bridgehead atoms. The van der Waals surface area contributed by atoms with Crippen LogP contribution in [-0.4, -0.2) is 19.6 Å². The van der Waals surface area contributed by atoms with Gasteiger partial charge in [-0.15, -0.1) is 0 Å². The topological polar surface area (TPSA) is 67.4 Å². The number of phenolic OH excluding ortho intramolecular Hbond substituents is 2. The summed E-state index contributed by atoms with van der Waals surface area (Å²) in [5, 5.41) is 19.4. The standard InChI is InChI=1S/C24H22N2O3/c1-16-22(24(29)26(25(16)2)19-6-4-3-5-7-19)23(17-8-12-20(27)13-9-17)18-10-14-21(28)15-11-18/h3-15,23,27-28H,1-2H3. The van der Waals surface area contributed by atoms with Gasteiger partial charge in [0.1, 0.15) is 11.5 Å². The third kappa shape index (κ3) is 3.31. The van der Waals surface area contributed by atoms with Crippen molar-refractivity contribution in [2.45, 2.75) is 12.8 Å². The van der Waals surface area contributed by atoms with Crippen molar-refractivity contribution in [1.29, 1.82) is 0 Å². The summed E-state index contributed by atoms with van der Waals surface area (Å²) < 4.78 is 3.53. The third-order valence-electron chi connectivity index (χ3n) is 5.34. The van der Waals surface area contributed by atoms with E-state index in [9.17, 15) is 15.0 Å². The van der Waals surface area contributed by atoms with Crippen LogP contribution in [0.4, 0.5) is 0 Å². The number of benzene rings is 3. The van der Waals surface area contributed by atoms with Gasteiger partial charge in [-0.25, -0.2) is 4.68 Å². The van der Waals surface area contributed by atoms with E-state index in [-0.39, 0.29) is 23.0 Å². The Balaban J connectivity index is 1.98. The highest BCUT2D eigenvalue weighted by Gasteiger charge is 2.27. The van der Waals surface area contributed by atoms with Crippen molar-refractivity contribution in [3.8, 4) is 17.2 Å². The maximum absolute atomic E-state index is 13.6. The van der Waals surface area contributed by atoms with Crippen LogP contribution in [0.3, 0.4) is 0 Å². The predicted octanol–water partition coefficient (Wildman–Crippen LogP) is 4.08. The Morgan fingerprint density at radius 2 is 1.24 bits per heavy atom. The number of phenols is 2. The lowest BCUT2D eigenvalue weighted by Gasteiger charge is -2.18. The van der Waals surface area contributed by atoms with Crippen LogP contribution in [0.25, 0.3) is 5.69 Å². The molecule has 0 fully saturated rings. The van der Waals surface area contributed by atoms with E-state index in [0.717, 1.165) is 22.5 Å². The minimum Gasteiger partial charge on any atom is -0.508 e. The summed E-state index contributed by atoms with van der Waals surface area (Å²) in [6.45, 7) is 1.93. The molecule has 1 aromatic heterocycles. The summed E-state index contributed by atoms with van der Waals surface area (Å²) in [6, 6.07) is 23.3. The molecule has 29 heavy (non-hydrogen) atoms. The molecule has 0 atom stereocenters. The first kappa shape index (κ1) is 18.6. The van der Waals surface area contributed by atoms with Crippen molar-refractivity contribution in [2.75, 3.05) is 0 Å². The molecule has 3 aromatic carbocycles. The molecule has 0 aliphatic heterocycles. The van der Waals surface area contributed by atoms with Gasteiger partial charge < -0.3 is 10.2 Å². The number of hydrogen-bond donors (Lipinski definition) is 2. The summed E-state index contributed by atoms with van der Waals surface area (Å²) in [5.41, 5.74) is 3.99. The number of hydrogen-bond acceptors (Lipinski definition) is 3. The molecule has 2 N–H and O–H groups in total. The van der Waals surface area contributed by atoms with Crippen LogP contribution in [0, 0.1) is 6.92 Å². The van der Waals surface area contributed by atoms with E-state index in [2.05, 4.69) is 0 Å². The molecule has 4 aromatic rings. The molecule has 0 aliphatic carbocycles. The Kier molecular flexibility index (Phi) is 4.72. The molecule has 0 radical (unpaired) electrons. The van der Waals surface area contributed by atoms with Gasteiger partial charge in [-0.05, 0) is 54.4 Å². The van der Waals surface area contributed by atoms with Crippen LogP contribution >= 0.6 is 0 Å². The number of aromatic hydroxyl groups is 2. The van der Waals surface area contributed by atoms with E-state index in [1.54, 1.807) is 28.9 Å². The molecule has 0 amide bonds. The summed E-state index contributed by atoms with van der Waals surface area (Å²) in [5.74, 6) is 0.00855. The van der Waals surface area contributed by atoms with E-state index in [1.807, 2.05) is 73.3 Å².